The van der Waals surface area contributed by atoms with Gasteiger partial charge in [0.15, 0.2) is 11.5 Å². The summed E-state index contributed by atoms with van der Waals surface area (Å²) in [6.07, 6.45) is 13.2. The molecule has 3 aromatic rings. The lowest BCUT2D eigenvalue weighted by atomic mass is 9.92. The highest BCUT2D eigenvalue weighted by molar-refractivity contribution is 5.76. The fraction of sp³-hybridized carbons (Fsp3) is 0.524. The van der Waals surface area contributed by atoms with Crippen LogP contribution in [0.1, 0.15) is 82.9 Å². The molecule has 0 radical (unpaired) electrons. The highest BCUT2D eigenvalue weighted by atomic mass is 15.2. The average Bonchev–Trinajstić information content (AvgIpc) is 3.11. The van der Waals surface area contributed by atoms with Crippen LogP contribution in [0.5, 0.6) is 0 Å². The molecule has 0 bridgehead atoms. The third-order valence-corrected chi connectivity index (χ3v) is 5.17. The zero-order valence-electron chi connectivity index (χ0n) is 16.3. The van der Waals surface area contributed by atoms with Gasteiger partial charge in [-0.1, -0.05) is 40.5 Å². The quantitative estimate of drug-likeness (QED) is 0.544. The number of imidazole rings is 1. The summed E-state index contributed by atoms with van der Waals surface area (Å²) in [5.41, 5.74) is 4.18. The molecule has 5 heteroatoms. The topological polar surface area (TPSA) is 56.5 Å². The van der Waals surface area contributed by atoms with Crippen LogP contribution in [0.15, 0.2) is 31.0 Å². The molecule has 0 aromatic carbocycles. The van der Waals surface area contributed by atoms with Gasteiger partial charge in [-0.2, -0.15) is 0 Å². The fourth-order valence-corrected chi connectivity index (χ4v) is 3.65. The van der Waals surface area contributed by atoms with Crippen molar-refractivity contribution in [1.29, 1.82) is 0 Å². The Hall–Kier alpha value is -2.30. The van der Waals surface area contributed by atoms with Crippen molar-refractivity contribution in [3.8, 4) is 5.82 Å². The second kappa shape index (κ2) is 8.39. The number of pyridine rings is 1. The molecule has 26 heavy (non-hydrogen) atoms. The van der Waals surface area contributed by atoms with E-state index in [4.69, 9.17) is 0 Å². The molecular weight excluding hydrogens is 322 g/mol. The first-order valence-electron chi connectivity index (χ1n) is 9.83. The van der Waals surface area contributed by atoms with Crippen molar-refractivity contribution in [3.05, 3.63) is 42.2 Å². The number of rotatable bonds is 8. The molecule has 0 amide bonds. The molecule has 3 aromatic heterocycles. The van der Waals surface area contributed by atoms with E-state index in [0.29, 0.717) is 11.8 Å². The van der Waals surface area contributed by atoms with Gasteiger partial charge in [0, 0.05) is 6.20 Å². The van der Waals surface area contributed by atoms with Crippen LogP contribution in [0.25, 0.3) is 17.0 Å². The second-order valence-electron chi connectivity index (χ2n) is 7.07. The molecule has 138 valence electrons. The van der Waals surface area contributed by atoms with Crippen LogP contribution in [-0.4, -0.2) is 24.5 Å². The van der Waals surface area contributed by atoms with Crippen LogP contribution in [0, 0.1) is 0 Å². The van der Waals surface area contributed by atoms with Gasteiger partial charge in [0.2, 0.25) is 0 Å². The predicted molar refractivity (Wildman–Crippen MR) is 106 cm³/mol. The van der Waals surface area contributed by atoms with Gasteiger partial charge < -0.3 is 0 Å². The average molecular weight is 351 g/mol. The normalized spacial score (nSPS) is 13.8. The van der Waals surface area contributed by atoms with Crippen LogP contribution in [0.4, 0.5) is 0 Å². The highest BCUT2D eigenvalue weighted by Gasteiger charge is 2.17. The number of fused-ring (bicyclic) bond motifs is 1. The summed E-state index contributed by atoms with van der Waals surface area (Å²) in [5, 5.41) is 0. The molecule has 0 fully saturated rings. The molecule has 3 rings (SSSR count). The van der Waals surface area contributed by atoms with Crippen molar-refractivity contribution in [2.45, 2.75) is 71.6 Å². The first-order chi connectivity index (χ1) is 12.7. The Labute approximate surface area is 155 Å². The maximum atomic E-state index is 4.67. The lowest BCUT2D eigenvalue weighted by molar-refractivity contribution is 0.598. The standard InChI is InChI=1S/C21H29N5/c1-5-8-15(4)18-12-24-19(13-23-18)26-14-25-20-17(10-11-22-21(20)26)16(7-3)9-6-2/h10-16H,5-9H2,1-4H3. The predicted octanol–water partition coefficient (Wildman–Crippen LogP) is 5.41. The molecular formula is C21H29N5. The molecule has 0 spiro atoms. The lowest BCUT2D eigenvalue weighted by Crippen LogP contribution is -2.03. The number of nitrogens with zero attached hydrogens (tertiary/aromatic N) is 5. The van der Waals surface area contributed by atoms with E-state index in [1.54, 1.807) is 0 Å². The van der Waals surface area contributed by atoms with Gasteiger partial charge in [-0.05, 0) is 42.7 Å². The fourth-order valence-electron chi connectivity index (χ4n) is 3.65. The molecule has 0 N–H and O–H groups in total. The number of aromatic nitrogens is 5. The van der Waals surface area contributed by atoms with Crippen LogP contribution in [-0.2, 0) is 0 Å². The number of hydrogen-bond acceptors (Lipinski definition) is 4. The van der Waals surface area contributed by atoms with Crippen LogP contribution < -0.4 is 0 Å². The van der Waals surface area contributed by atoms with E-state index >= 15 is 0 Å². The van der Waals surface area contributed by atoms with Crippen LogP contribution in [0.3, 0.4) is 0 Å². The Bertz CT molecular complexity index is 837. The maximum Gasteiger partial charge on any atom is 0.165 e. The van der Waals surface area contributed by atoms with Gasteiger partial charge in [0.25, 0.3) is 0 Å². The van der Waals surface area contributed by atoms with Gasteiger partial charge in [0.1, 0.15) is 11.8 Å². The molecule has 0 aliphatic carbocycles. The molecule has 2 atom stereocenters. The van der Waals surface area contributed by atoms with E-state index in [1.165, 1.54) is 18.4 Å². The molecule has 0 saturated heterocycles. The van der Waals surface area contributed by atoms with E-state index in [1.807, 2.05) is 29.5 Å². The minimum atomic E-state index is 0.435. The molecule has 3 heterocycles. The monoisotopic (exact) mass is 351 g/mol. The van der Waals surface area contributed by atoms with Gasteiger partial charge in [-0.15, -0.1) is 0 Å². The van der Waals surface area contributed by atoms with Crippen molar-refractivity contribution < 1.29 is 0 Å². The van der Waals surface area contributed by atoms with Crippen LogP contribution in [0.2, 0.25) is 0 Å². The molecule has 0 saturated carbocycles. The SMILES string of the molecule is CCCC(C)c1cnc(-n2cnc3c(C(CC)CCC)ccnc32)cn1. The zero-order valence-corrected chi connectivity index (χ0v) is 16.3. The lowest BCUT2D eigenvalue weighted by Gasteiger charge is -2.14. The largest absolute Gasteiger partial charge is 0.266 e. The van der Waals surface area contributed by atoms with Gasteiger partial charge in [-0.3, -0.25) is 9.55 Å². The molecule has 0 aliphatic heterocycles. The minimum absolute atomic E-state index is 0.435. The molecule has 0 aliphatic rings. The molecule has 5 nitrogen and oxygen atoms in total. The van der Waals surface area contributed by atoms with Gasteiger partial charge in [-0.25, -0.2) is 15.0 Å². The number of hydrogen-bond donors (Lipinski definition) is 0. The Morgan fingerprint density at radius 2 is 1.77 bits per heavy atom. The van der Waals surface area contributed by atoms with Crippen LogP contribution >= 0.6 is 0 Å². The Kier molecular flexibility index (Phi) is 5.96. The highest BCUT2D eigenvalue weighted by Crippen LogP contribution is 2.30. The van der Waals surface area contributed by atoms with Gasteiger partial charge >= 0.3 is 0 Å². The maximum absolute atomic E-state index is 4.67. The third kappa shape index (κ3) is 3.62. The first kappa shape index (κ1) is 18.5. The third-order valence-electron chi connectivity index (χ3n) is 5.17. The van der Waals surface area contributed by atoms with E-state index in [-0.39, 0.29) is 0 Å². The summed E-state index contributed by atoms with van der Waals surface area (Å²) in [4.78, 5) is 18.5. The van der Waals surface area contributed by atoms with Crippen molar-refractivity contribution in [3.63, 3.8) is 0 Å². The van der Waals surface area contributed by atoms with Crippen molar-refractivity contribution >= 4 is 11.2 Å². The first-order valence-corrected chi connectivity index (χ1v) is 9.83. The summed E-state index contributed by atoms with van der Waals surface area (Å²) in [5.74, 6) is 1.73. The van der Waals surface area contributed by atoms with Crippen molar-refractivity contribution in [1.82, 2.24) is 24.5 Å². The Morgan fingerprint density at radius 3 is 2.42 bits per heavy atom. The van der Waals surface area contributed by atoms with Crippen molar-refractivity contribution in [2.24, 2.45) is 0 Å². The zero-order chi connectivity index (χ0) is 18.5. The summed E-state index contributed by atoms with van der Waals surface area (Å²) in [6, 6.07) is 2.12. The summed E-state index contributed by atoms with van der Waals surface area (Å²) in [6.45, 7) is 8.87. The van der Waals surface area contributed by atoms with E-state index in [2.05, 4.69) is 53.7 Å². The van der Waals surface area contributed by atoms with E-state index < -0.39 is 0 Å². The summed E-state index contributed by atoms with van der Waals surface area (Å²) < 4.78 is 1.94. The Balaban J connectivity index is 1.96. The summed E-state index contributed by atoms with van der Waals surface area (Å²) in [7, 11) is 0. The van der Waals surface area contributed by atoms with E-state index in [0.717, 1.165) is 41.9 Å². The van der Waals surface area contributed by atoms with Gasteiger partial charge in [0.05, 0.1) is 18.1 Å². The minimum Gasteiger partial charge on any atom is -0.266 e. The van der Waals surface area contributed by atoms with Crippen molar-refractivity contribution in [2.75, 3.05) is 0 Å². The van der Waals surface area contributed by atoms with E-state index in [9.17, 15) is 0 Å². The Morgan fingerprint density at radius 1 is 0.962 bits per heavy atom. The summed E-state index contributed by atoms with van der Waals surface area (Å²) >= 11 is 0. The second-order valence-corrected chi connectivity index (χ2v) is 7.07. The molecule has 2 unspecified atom stereocenters. The smallest absolute Gasteiger partial charge is 0.165 e.